The van der Waals surface area contributed by atoms with E-state index in [-0.39, 0.29) is 18.2 Å². The van der Waals surface area contributed by atoms with Crippen LogP contribution < -0.4 is 5.73 Å². The van der Waals surface area contributed by atoms with Crippen LogP contribution >= 0.6 is 0 Å². The van der Waals surface area contributed by atoms with Crippen molar-refractivity contribution in [3.8, 4) is 0 Å². The molecule has 1 aromatic carbocycles. The summed E-state index contributed by atoms with van der Waals surface area (Å²) in [5.74, 6) is 0. The molecule has 1 aliphatic rings. The molecule has 0 spiro atoms. The molecule has 0 aliphatic carbocycles. The fraction of sp³-hybridized carbons (Fsp3) is 0.625. The number of benzene rings is 1. The first kappa shape index (κ1) is 15.4. The fourth-order valence-electron chi connectivity index (χ4n) is 2.84. The Labute approximate surface area is 121 Å². The number of ether oxygens (including phenoxy) is 2. The van der Waals surface area contributed by atoms with Crippen LogP contribution in [-0.2, 0) is 15.9 Å². The van der Waals surface area contributed by atoms with E-state index in [1.54, 1.807) is 14.2 Å². The zero-order valence-electron chi connectivity index (χ0n) is 12.5. The zero-order valence-corrected chi connectivity index (χ0v) is 12.5. The number of aryl methyl sites for hydroxylation is 1. The van der Waals surface area contributed by atoms with Crippen LogP contribution in [0.2, 0.25) is 0 Å². The molecule has 1 aliphatic heterocycles. The van der Waals surface area contributed by atoms with Gasteiger partial charge >= 0.3 is 0 Å². The van der Waals surface area contributed by atoms with E-state index < -0.39 is 0 Å². The molecule has 3 atom stereocenters. The second-order valence-electron chi connectivity index (χ2n) is 5.55. The highest BCUT2D eigenvalue weighted by molar-refractivity contribution is 5.14. The number of nitrogens with two attached hydrogens (primary N) is 1. The normalized spacial score (nSPS) is 24.9. The van der Waals surface area contributed by atoms with Gasteiger partial charge < -0.3 is 15.2 Å². The minimum absolute atomic E-state index is 0.168. The highest BCUT2D eigenvalue weighted by atomic mass is 16.5. The summed E-state index contributed by atoms with van der Waals surface area (Å²) in [6, 6.07) is 10.7. The standard InChI is InChI=1S/C16H26N2O2/c1-19-15-11-18(12-16(15)20-2)10-14(17)9-8-13-6-4-3-5-7-13/h3-7,14-16H,8-12,17H2,1-2H3. The van der Waals surface area contributed by atoms with Gasteiger partial charge in [-0.3, -0.25) is 4.90 Å². The van der Waals surface area contributed by atoms with Gasteiger partial charge in [-0.1, -0.05) is 30.3 Å². The van der Waals surface area contributed by atoms with E-state index in [4.69, 9.17) is 15.2 Å². The van der Waals surface area contributed by atoms with Crippen molar-refractivity contribution >= 4 is 0 Å². The predicted molar refractivity (Wildman–Crippen MR) is 80.8 cm³/mol. The van der Waals surface area contributed by atoms with Crippen LogP contribution in [0.25, 0.3) is 0 Å². The summed E-state index contributed by atoms with van der Waals surface area (Å²) in [5.41, 5.74) is 7.61. The molecule has 0 amide bonds. The third kappa shape index (κ3) is 4.28. The Hall–Kier alpha value is -0.940. The van der Waals surface area contributed by atoms with Crippen LogP contribution in [0, 0.1) is 0 Å². The van der Waals surface area contributed by atoms with Crippen molar-refractivity contribution in [1.82, 2.24) is 4.90 Å². The minimum atomic E-state index is 0.168. The first-order valence-electron chi connectivity index (χ1n) is 7.30. The van der Waals surface area contributed by atoms with E-state index in [0.717, 1.165) is 32.5 Å². The fourth-order valence-corrected chi connectivity index (χ4v) is 2.84. The van der Waals surface area contributed by atoms with Crippen molar-refractivity contribution in [3.05, 3.63) is 35.9 Å². The molecule has 1 heterocycles. The first-order valence-corrected chi connectivity index (χ1v) is 7.30. The van der Waals surface area contributed by atoms with Crippen LogP contribution in [0.1, 0.15) is 12.0 Å². The molecule has 20 heavy (non-hydrogen) atoms. The van der Waals surface area contributed by atoms with Gasteiger partial charge in [0.15, 0.2) is 0 Å². The third-order valence-electron chi connectivity index (χ3n) is 4.04. The van der Waals surface area contributed by atoms with Crippen LogP contribution in [0.5, 0.6) is 0 Å². The van der Waals surface area contributed by atoms with E-state index >= 15 is 0 Å². The SMILES string of the molecule is COC1CN(CC(N)CCc2ccccc2)CC1OC. The number of likely N-dealkylation sites (tertiary alicyclic amines) is 1. The third-order valence-corrected chi connectivity index (χ3v) is 4.04. The van der Waals surface area contributed by atoms with Crippen molar-refractivity contribution in [2.75, 3.05) is 33.9 Å². The molecule has 0 radical (unpaired) electrons. The van der Waals surface area contributed by atoms with Gasteiger partial charge in [0.2, 0.25) is 0 Å². The summed E-state index contributed by atoms with van der Waals surface area (Å²) < 4.78 is 10.9. The molecule has 2 rings (SSSR count). The predicted octanol–water partition coefficient (Wildman–Crippen LogP) is 1.29. The number of hydrogen-bond donors (Lipinski definition) is 1. The molecular weight excluding hydrogens is 252 g/mol. The van der Waals surface area contributed by atoms with Gasteiger partial charge in [0.05, 0.1) is 12.2 Å². The molecule has 2 N–H and O–H groups in total. The van der Waals surface area contributed by atoms with Gasteiger partial charge in [-0.25, -0.2) is 0 Å². The number of nitrogens with zero attached hydrogens (tertiary/aromatic N) is 1. The van der Waals surface area contributed by atoms with Crippen molar-refractivity contribution in [2.45, 2.75) is 31.1 Å². The molecule has 1 fully saturated rings. The molecule has 0 bridgehead atoms. The molecule has 0 saturated carbocycles. The molecule has 0 aromatic heterocycles. The summed E-state index contributed by atoms with van der Waals surface area (Å²) >= 11 is 0. The summed E-state index contributed by atoms with van der Waals surface area (Å²) in [6.07, 6.45) is 2.38. The monoisotopic (exact) mass is 278 g/mol. The lowest BCUT2D eigenvalue weighted by molar-refractivity contribution is -0.00461. The van der Waals surface area contributed by atoms with Gasteiger partial charge in [0, 0.05) is 39.9 Å². The molecule has 112 valence electrons. The lowest BCUT2D eigenvalue weighted by Gasteiger charge is -2.20. The quantitative estimate of drug-likeness (QED) is 0.816. The maximum atomic E-state index is 6.25. The first-order chi connectivity index (χ1) is 9.72. The molecule has 3 unspecified atom stereocenters. The highest BCUT2D eigenvalue weighted by Crippen LogP contribution is 2.16. The lowest BCUT2D eigenvalue weighted by atomic mass is 10.1. The van der Waals surface area contributed by atoms with Gasteiger partial charge in [-0.2, -0.15) is 0 Å². The smallest absolute Gasteiger partial charge is 0.0971 e. The van der Waals surface area contributed by atoms with E-state index in [2.05, 4.69) is 29.2 Å². The second-order valence-corrected chi connectivity index (χ2v) is 5.55. The van der Waals surface area contributed by atoms with Crippen molar-refractivity contribution in [1.29, 1.82) is 0 Å². The Morgan fingerprint density at radius 3 is 2.30 bits per heavy atom. The largest absolute Gasteiger partial charge is 0.377 e. The van der Waals surface area contributed by atoms with E-state index in [1.165, 1.54) is 5.56 Å². The van der Waals surface area contributed by atoms with Crippen molar-refractivity contribution in [2.24, 2.45) is 5.73 Å². The second kappa shape index (κ2) is 7.74. The highest BCUT2D eigenvalue weighted by Gasteiger charge is 2.33. The van der Waals surface area contributed by atoms with E-state index in [0.29, 0.717) is 0 Å². The van der Waals surface area contributed by atoms with E-state index in [1.807, 2.05) is 6.07 Å². The van der Waals surface area contributed by atoms with Crippen LogP contribution in [0.3, 0.4) is 0 Å². The van der Waals surface area contributed by atoms with Crippen LogP contribution in [-0.4, -0.2) is 57.0 Å². The molecule has 4 nitrogen and oxygen atoms in total. The van der Waals surface area contributed by atoms with Gasteiger partial charge in [-0.05, 0) is 18.4 Å². The molecule has 1 saturated heterocycles. The average molecular weight is 278 g/mol. The summed E-state index contributed by atoms with van der Waals surface area (Å²) in [7, 11) is 3.49. The number of methoxy groups -OCH3 is 2. The Balaban J connectivity index is 1.73. The van der Waals surface area contributed by atoms with Crippen molar-refractivity contribution in [3.63, 3.8) is 0 Å². The van der Waals surface area contributed by atoms with Gasteiger partial charge in [-0.15, -0.1) is 0 Å². The number of hydrogen-bond acceptors (Lipinski definition) is 4. The molecule has 4 heteroatoms. The van der Waals surface area contributed by atoms with Gasteiger partial charge in [0.25, 0.3) is 0 Å². The lowest BCUT2D eigenvalue weighted by Crippen LogP contribution is -2.37. The Bertz CT molecular complexity index is 373. The maximum Gasteiger partial charge on any atom is 0.0971 e. The maximum absolute atomic E-state index is 6.25. The minimum Gasteiger partial charge on any atom is -0.377 e. The summed E-state index contributed by atoms with van der Waals surface area (Å²) in [4.78, 5) is 2.35. The Morgan fingerprint density at radius 1 is 1.15 bits per heavy atom. The van der Waals surface area contributed by atoms with Crippen molar-refractivity contribution < 1.29 is 9.47 Å². The summed E-state index contributed by atoms with van der Waals surface area (Å²) in [5, 5.41) is 0. The zero-order chi connectivity index (χ0) is 14.4. The van der Waals surface area contributed by atoms with Crippen LogP contribution in [0.15, 0.2) is 30.3 Å². The molecular formula is C16H26N2O2. The van der Waals surface area contributed by atoms with Gasteiger partial charge in [0.1, 0.15) is 0 Å². The molecule has 1 aromatic rings. The Morgan fingerprint density at radius 2 is 1.75 bits per heavy atom. The van der Waals surface area contributed by atoms with Crippen LogP contribution in [0.4, 0.5) is 0 Å². The Kier molecular flexibility index (Phi) is 5.98. The summed E-state index contributed by atoms with van der Waals surface area (Å²) in [6.45, 7) is 2.73. The number of rotatable bonds is 7. The average Bonchev–Trinajstić information content (AvgIpc) is 2.88. The topological polar surface area (TPSA) is 47.7 Å². The van der Waals surface area contributed by atoms with E-state index in [9.17, 15) is 0 Å².